The Kier molecular flexibility index (Phi) is 12.1. The molecule has 1 fully saturated rings. The van der Waals surface area contributed by atoms with Gasteiger partial charge in [-0.3, -0.25) is 9.59 Å². The van der Waals surface area contributed by atoms with E-state index in [1.807, 2.05) is 4.90 Å². The number of nitrogens with zero attached hydrogens (tertiary/aromatic N) is 1. The summed E-state index contributed by atoms with van der Waals surface area (Å²) in [5.41, 5.74) is 0. The first kappa shape index (κ1) is 22.2. The number of amides is 2. The molecule has 1 saturated heterocycles. The molecule has 0 saturated carbocycles. The van der Waals surface area contributed by atoms with Crippen molar-refractivity contribution in [1.82, 2.24) is 15.5 Å². The molecular weight excluding hydrogens is 314 g/mol. The molecule has 6 heteroatoms. The second-order valence-electron chi connectivity index (χ2n) is 6.38. The van der Waals surface area contributed by atoms with Crippen molar-refractivity contribution in [2.45, 2.75) is 65.3 Å². The molecule has 0 aromatic rings. The molecule has 1 rings (SSSR count). The van der Waals surface area contributed by atoms with Gasteiger partial charge in [-0.05, 0) is 38.1 Å². The lowest BCUT2D eigenvalue weighted by Gasteiger charge is -2.30. The Labute approximate surface area is 147 Å². The fourth-order valence-electron chi connectivity index (χ4n) is 2.92. The number of piperidine rings is 1. The summed E-state index contributed by atoms with van der Waals surface area (Å²) in [5.74, 6) is 0.784. The molecule has 1 aliphatic rings. The minimum atomic E-state index is 0. The largest absolute Gasteiger partial charge is 0.352 e. The van der Waals surface area contributed by atoms with E-state index in [1.54, 1.807) is 0 Å². The average Bonchev–Trinajstić information content (AvgIpc) is 2.49. The Balaban J connectivity index is 0.00000484. The molecule has 2 atom stereocenters. The van der Waals surface area contributed by atoms with Crippen molar-refractivity contribution in [2.75, 3.05) is 26.2 Å². The molecule has 0 aliphatic carbocycles. The van der Waals surface area contributed by atoms with Gasteiger partial charge in [0.25, 0.3) is 0 Å². The first-order valence-corrected chi connectivity index (χ1v) is 8.86. The van der Waals surface area contributed by atoms with Crippen molar-refractivity contribution in [3.8, 4) is 0 Å². The van der Waals surface area contributed by atoms with E-state index >= 15 is 0 Å². The summed E-state index contributed by atoms with van der Waals surface area (Å²) in [6, 6.07) is 0.230. The van der Waals surface area contributed by atoms with E-state index in [0.29, 0.717) is 25.2 Å². The van der Waals surface area contributed by atoms with Gasteiger partial charge in [-0.15, -0.1) is 12.4 Å². The normalized spacial score (nSPS) is 20.5. The van der Waals surface area contributed by atoms with Crippen LogP contribution in [0.25, 0.3) is 0 Å². The molecule has 5 nitrogen and oxygen atoms in total. The van der Waals surface area contributed by atoms with Crippen LogP contribution in [0.2, 0.25) is 0 Å². The van der Waals surface area contributed by atoms with E-state index in [2.05, 4.69) is 31.4 Å². The number of hydrogen-bond donors (Lipinski definition) is 2. The van der Waals surface area contributed by atoms with Gasteiger partial charge in [-0.2, -0.15) is 0 Å². The average molecular weight is 348 g/mol. The van der Waals surface area contributed by atoms with Crippen LogP contribution < -0.4 is 10.6 Å². The molecule has 0 bridgehead atoms. The standard InChI is InChI=1S/C17H33N3O2.ClH/c1-4-11-20(12-5-2)17(22)8-6-7-16(21)19-15-13-18-10-9-14(15)3;/h14-15,18H,4-13H2,1-3H3,(H,19,21);1H. The van der Waals surface area contributed by atoms with E-state index < -0.39 is 0 Å². The highest BCUT2D eigenvalue weighted by atomic mass is 35.5. The van der Waals surface area contributed by atoms with Crippen molar-refractivity contribution in [1.29, 1.82) is 0 Å². The first-order valence-electron chi connectivity index (χ1n) is 8.86. The number of rotatable bonds is 9. The van der Waals surface area contributed by atoms with E-state index in [4.69, 9.17) is 0 Å². The summed E-state index contributed by atoms with van der Waals surface area (Å²) in [6.07, 6.45) is 4.64. The fourth-order valence-corrected chi connectivity index (χ4v) is 2.92. The SMILES string of the molecule is CCCN(CCC)C(=O)CCCC(=O)NC1CNCCC1C.Cl. The van der Waals surface area contributed by atoms with Crippen LogP contribution in [0.1, 0.15) is 59.3 Å². The number of nitrogens with one attached hydrogen (secondary N) is 2. The van der Waals surface area contributed by atoms with Gasteiger partial charge in [-0.1, -0.05) is 20.8 Å². The van der Waals surface area contributed by atoms with Crippen LogP contribution in [0.5, 0.6) is 0 Å². The number of halogens is 1. The molecule has 2 N–H and O–H groups in total. The Morgan fingerprint density at radius 2 is 1.83 bits per heavy atom. The molecule has 0 aromatic carbocycles. The van der Waals surface area contributed by atoms with Crippen molar-refractivity contribution in [3.05, 3.63) is 0 Å². The molecule has 0 spiro atoms. The monoisotopic (exact) mass is 347 g/mol. The zero-order valence-corrected chi connectivity index (χ0v) is 15.7. The Hall–Kier alpha value is -0.810. The lowest BCUT2D eigenvalue weighted by molar-refractivity contribution is -0.131. The van der Waals surface area contributed by atoms with Gasteiger partial charge in [-0.25, -0.2) is 0 Å². The Morgan fingerprint density at radius 3 is 2.39 bits per heavy atom. The summed E-state index contributed by atoms with van der Waals surface area (Å²) in [4.78, 5) is 26.0. The van der Waals surface area contributed by atoms with Crippen LogP contribution in [0.4, 0.5) is 0 Å². The highest BCUT2D eigenvalue weighted by Gasteiger charge is 2.22. The molecule has 1 heterocycles. The minimum absolute atomic E-state index is 0. The highest BCUT2D eigenvalue weighted by molar-refractivity contribution is 5.85. The quantitative estimate of drug-likeness (QED) is 0.673. The van der Waals surface area contributed by atoms with Gasteiger partial charge in [0.05, 0.1) is 0 Å². The van der Waals surface area contributed by atoms with Gasteiger partial charge in [0, 0.05) is 38.5 Å². The molecule has 2 amide bonds. The van der Waals surface area contributed by atoms with E-state index in [1.165, 1.54) is 0 Å². The van der Waals surface area contributed by atoms with Gasteiger partial charge in [0.2, 0.25) is 11.8 Å². The van der Waals surface area contributed by atoms with E-state index in [9.17, 15) is 9.59 Å². The van der Waals surface area contributed by atoms with Crippen molar-refractivity contribution in [3.63, 3.8) is 0 Å². The van der Waals surface area contributed by atoms with Crippen molar-refractivity contribution < 1.29 is 9.59 Å². The third-order valence-corrected chi connectivity index (χ3v) is 4.31. The van der Waals surface area contributed by atoms with Gasteiger partial charge in [0.15, 0.2) is 0 Å². The molecule has 23 heavy (non-hydrogen) atoms. The molecule has 136 valence electrons. The van der Waals surface area contributed by atoms with Crippen LogP contribution in [0, 0.1) is 5.92 Å². The summed E-state index contributed by atoms with van der Waals surface area (Å²) in [7, 11) is 0. The van der Waals surface area contributed by atoms with Crippen molar-refractivity contribution in [2.24, 2.45) is 5.92 Å². The molecule has 0 aromatic heterocycles. The molecule has 1 aliphatic heterocycles. The Bertz CT molecular complexity index is 347. The maximum atomic E-state index is 12.1. The Morgan fingerprint density at radius 1 is 1.17 bits per heavy atom. The van der Waals surface area contributed by atoms with Crippen LogP contribution in [-0.4, -0.2) is 48.9 Å². The van der Waals surface area contributed by atoms with E-state index in [0.717, 1.165) is 45.4 Å². The molecule has 0 radical (unpaired) electrons. The van der Waals surface area contributed by atoms with Crippen LogP contribution in [0.3, 0.4) is 0 Å². The minimum Gasteiger partial charge on any atom is -0.352 e. The summed E-state index contributed by atoms with van der Waals surface area (Å²) < 4.78 is 0. The third-order valence-electron chi connectivity index (χ3n) is 4.31. The number of hydrogen-bond acceptors (Lipinski definition) is 3. The third kappa shape index (κ3) is 8.56. The van der Waals surface area contributed by atoms with Crippen LogP contribution in [0.15, 0.2) is 0 Å². The van der Waals surface area contributed by atoms with Gasteiger partial charge < -0.3 is 15.5 Å². The van der Waals surface area contributed by atoms with Gasteiger partial charge >= 0.3 is 0 Å². The maximum Gasteiger partial charge on any atom is 0.222 e. The predicted molar refractivity (Wildman–Crippen MR) is 96.8 cm³/mol. The van der Waals surface area contributed by atoms with Gasteiger partial charge in [0.1, 0.15) is 0 Å². The topological polar surface area (TPSA) is 61.4 Å². The number of carbonyl (C=O) groups is 2. The zero-order valence-electron chi connectivity index (χ0n) is 14.9. The molecular formula is C17H34ClN3O2. The summed E-state index contributed by atoms with van der Waals surface area (Å²) in [6.45, 7) is 9.89. The smallest absolute Gasteiger partial charge is 0.222 e. The predicted octanol–water partition coefficient (Wildman–Crippen LogP) is 2.34. The van der Waals surface area contributed by atoms with Crippen molar-refractivity contribution >= 4 is 24.2 Å². The zero-order chi connectivity index (χ0) is 16.4. The van der Waals surface area contributed by atoms with Crippen LogP contribution >= 0.6 is 12.4 Å². The highest BCUT2D eigenvalue weighted by Crippen LogP contribution is 2.11. The second kappa shape index (κ2) is 12.6. The maximum absolute atomic E-state index is 12.1. The van der Waals surface area contributed by atoms with Crippen LogP contribution in [-0.2, 0) is 9.59 Å². The van der Waals surface area contributed by atoms with E-state index in [-0.39, 0.29) is 30.3 Å². The number of carbonyl (C=O) groups excluding carboxylic acids is 2. The lowest BCUT2D eigenvalue weighted by Crippen LogP contribution is -2.50. The summed E-state index contributed by atoms with van der Waals surface area (Å²) >= 11 is 0. The summed E-state index contributed by atoms with van der Waals surface area (Å²) in [5, 5.41) is 6.41. The molecule has 2 unspecified atom stereocenters. The lowest BCUT2D eigenvalue weighted by atomic mass is 9.94. The fraction of sp³-hybridized carbons (Fsp3) is 0.882. The second-order valence-corrected chi connectivity index (χ2v) is 6.38. The first-order chi connectivity index (χ1) is 10.6.